The Morgan fingerprint density at radius 1 is 1.10 bits per heavy atom. The van der Waals surface area contributed by atoms with Crippen molar-refractivity contribution in [1.29, 1.82) is 0 Å². The number of aryl methyl sites for hydroxylation is 1. The van der Waals surface area contributed by atoms with Crippen LogP contribution in [-0.2, 0) is 14.3 Å². The van der Waals surface area contributed by atoms with Gasteiger partial charge in [-0.05, 0) is 42.4 Å². The average molecular weight is 411 g/mol. The highest BCUT2D eigenvalue weighted by atomic mass is 32.1. The largest absolute Gasteiger partial charge is 0.463 e. The van der Waals surface area contributed by atoms with Crippen molar-refractivity contribution in [2.24, 2.45) is 0 Å². The third-order valence-corrected chi connectivity index (χ3v) is 4.68. The molecule has 29 heavy (non-hydrogen) atoms. The molecule has 0 aromatic heterocycles. The molecular formula is C20H17N3O5S. The van der Waals surface area contributed by atoms with Crippen LogP contribution < -0.4 is 10.6 Å². The number of benzene rings is 2. The Kier molecular flexibility index (Phi) is 5.69. The molecule has 0 unspecified atom stereocenters. The first-order chi connectivity index (χ1) is 13.8. The highest BCUT2D eigenvalue weighted by molar-refractivity contribution is 7.80. The number of rotatable bonds is 5. The highest BCUT2D eigenvalue weighted by Gasteiger charge is 2.35. The fourth-order valence-corrected chi connectivity index (χ4v) is 3.22. The standard InChI is InChI=1S/C20H17N3O5S/c1-11-3-5-12(6-4-11)16-15(18(24)19(25)28-2)17(22-20(29)21-16)13-7-9-14(10-8-13)23(26)27/h3-10,17H,1-2H3,(H2,21,22,29)/t17-/m1/s1. The minimum Gasteiger partial charge on any atom is -0.463 e. The second-order valence-electron chi connectivity index (χ2n) is 6.36. The minimum atomic E-state index is -1.02. The van der Waals surface area contributed by atoms with E-state index in [1.54, 1.807) is 0 Å². The number of Topliss-reactive ketones (excluding diaryl/α,β-unsaturated/α-hetero) is 1. The van der Waals surface area contributed by atoms with Crippen LogP contribution in [0, 0.1) is 17.0 Å². The lowest BCUT2D eigenvalue weighted by atomic mass is 9.89. The number of nitrogens with one attached hydrogen (secondary N) is 2. The van der Waals surface area contributed by atoms with E-state index in [1.807, 2.05) is 31.2 Å². The first kappa shape index (κ1) is 20.2. The summed E-state index contributed by atoms with van der Waals surface area (Å²) in [5.41, 5.74) is 2.64. The van der Waals surface area contributed by atoms with Gasteiger partial charge in [-0.25, -0.2) is 4.79 Å². The second kappa shape index (κ2) is 8.19. The molecule has 1 aliphatic heterocycles. The molecule has 2 aromatic rings. The lowest BCUT2D eigenvalue weighted by molar-refractivity contribution is -0.384. The van der Waals surface area contributed by atoms with Crippen LogP contribution in [0.3, 0.4) is 0 Å². The summed E-state index contributed by atoms with van der Waals surface area (Å²) in [4.78, 5) is 35.4. The van der Waals surface area contributed by atoms with E-state index < -0.39 is 22.7 Å². The number of methoxy groups -OCH3 is 1. The predicted molar refractivity (Wildman–Crippen MR) is 110 cm³/mol. The number of carbonyl (C=O) groups excluding carboxylic acids is 2. The van der Waals surface area contributed by atoms with Gasteiger partial charge in [0, 0.05) is 12.1 Å². The van der Waals surface area contributed by atoms with Gasteiger partial charge in [0.2, 0.25) is 0 Å². The van der Waals surface area contributed by atoms with Gasteiger partial charge in [-0.1, -0.05) is 29.8 Å². The molecule has 8 nitrogen and oxygen atoms in total. The number of ether oxygens (including phenoxy) is 1. The summed E-state index contributed by atoms with van der Waals surface area (Å²) in [6, 6.07) is 12.3. The lowest BCUT2D eigenvalue weighted by Crippen LogP contribution is -2.46. The molecule has 0 saturated carbocycles. The van der Waals surface area contributed by atoms with Gasteiger partial charge in [-0.15, -0.1) is 0 Å². The number of nitrogens with zero attached hydrogens (tertiary/aromatic N) is 1. The lowest BCUT2D eigenvalue weighted by Gasteiger charge is -2.31. The number of nitro benzene ring substituents is 1. The summed E-state index contributed by atoms with van der Waals surface area (Å²) in [7, 11) is 1.13. The molecule has 0 bridgehead atoms. The zero-order chi connectivity index (χ0) is 21.1. The Morgan fingerprint density at radius 2 is 1.72 bits per heavy atom. The fraction of sp³-hybridized carbons (Fsp3) is 0.150. The summed E-state index contributed by atoms with van der Waals surface area (Å²) in [6.45, 7) is 1.93. The molecule has 9 heteroatoms. The van der Waals surface area contributed by atoms with Gasteiger partial charge in [0.1, 0.15) is 0 Å². The van der Waals surface area contributed by atoms with Crippen molar-refractivity contribution in [3.63, 3.8) is 0 Å². The molecule has 0 aliphatic carbocycles. The van der Waals surface area contributed by atoms with E-state index in [1.165, 1.54) is 24.3 Å². The Morgan fingerprint density at radius 3 is 2.28 bits per heavy atom. The van der Waals surface area contributed by atoms with E-state index in [9.17, 15) is 19.7 Å². The molecular weight excluding hydrogens is 394 g/mol. The maximum absolute atomic E-state index is 12.9. The Bertz CT molecular complexity index is 1030. The molecule has 1 aliphatic rings. The number of ketones is 1. The molecule has 0 radical (unpaired) electrons. The number of esters is 1. The Hall–Kier alpha value is -3.59. The molecule has 1 heterocycles. The summed E-state index contributed by atoms with van der Waals surface area (Å²) < 4.78 is 4.63. The maximum Gasteiger partial charge on any atom is 0.379 e. The van der Waals surface area contributed by atoms with Gasteiger partial charge in [-0.2, -0.15) is 0 Å². The second-order valence-corrected chi connectivity index (χ2v) is 6.76. The van der Waals surface area contributed by atoms with Crippen molar-refractivity contribution in [3.05, 3.63) is 80.9 Å². The zero-order valence-electron chi connectivity index (χ0n) is 15.6. The van der Waals surface area contributed by atoms with Crippen LogP contribution in [0.25, 0.3) is 5.70 Å². The SMILES string of the molecule is COC(=O)C(=O)C1=C(c2ccc(C)cc2)NC(=S)N[C@@H]1c1ccc([N+](=O)[O-])cc1. The normalized spacial score (nSPS) is 15.9. The zero-order valence-corrected chi connectivity index (χ0v) is 16.4. The predicted octanol–water partition coefficient (Wildman–Crippen LogP) is 2.58. The van der Waals surface area contributed by atoms with Crippen LogP contribution >= 0.6 is 12.2 Å². The van der Waals surface area contributed by atoms with Crippen LogP contribution in [0.15, 0.2) is 54.1 Å². The van der Waals surface area contributed by atoms with Gasteiger partial charge in [0.15, 0.2) is 5.11 Å². The summed E-state index contributed by atoms with van der Waals surface area (Å²) in [5, 5.41) is 17.1. The van der Waals surface area contributed by atoms with Gasteiger partial charge in [0.05, 0.1) is 29.3 Å². The number of hydrogen-bond acceptors (Lipinski definition) is 6. The van der Waals surface area contributed by atoms with E-state index in [-0.39, 0.29) is 16.4 Å². The molecule has 0 fully saturated rings. The highest BCUT2D eigenvalue weighted by Crippen LogP contribution is 2.32. The van der Waals surface area contributed by atoms with Crippen LogP contribution in [-0.4, -0.2) is 28.9 Å². The number of thiocarbonyl (C=S) groups is 1. The van der Waals surface area contributed by atoms with Crippen molar-refractivity contribution in [2.75, 3.05) is 7.11 Å². The van der Waals surface area contributed by atoms with Crippen molar-refractivity contribution in [3.8, 4) is 0 Å². The van der Waals surface area contributed by atoms with Crippen molar-refractivity contribution in [2.45, 2.75) is 13.0 Å². The van der Waals surface area contributed by atoms with Crippen LogP contribution in [0.5, 0.6) is 0 Å². The summed E-state index contributed by atoms with van der Waals surface area (Å²) in [5.74, 6) is -1.86. The number of non-ortho nitro benzene ring substituents is 1. The fourth-order valence-electron chi connectivity index (χ4n) is 3.00. The van der Waals surface area contributed by atoms with E-state index in [2.05, 4.69) is 15.4 Å². The van der Waals surface area contributed by atoms with E-state index in [0.29, 0.717) is 16.8 Å². The van der Waals surface area contributed by atoms with E-state index in [4.69, 9.17) is 12.2 Å². The van der Waals surface area contributed by atoms with Gasteiger partial charge in [-0.3, -0.25) is 14.9 Å². The summed E-state index contributed by atoms with van der Waals surface area (Å²) >= 11 is 5.29. The number of hydrogen-bond donors (Lipinski definition) is 2. The quantitative estimate of drug-likeness (QED) is 0.254. The van der Waals surface area contributed by atoms with Crippen molar-refractivity contribution in [1.82, 2.24) is 10.6 Å². The smallest absolute Gasteiger partial charge is 0.379 e. The van der Waals surface area contributed by atoms with E-state index >= 15 is 0 Å². The van der Waals surface area contributed by atoms with Gasteiger partial charge < -0.3 is 15.4 Å². The van der Waals surface area contributed by atoms with Gasteiger partial charge in [0.25, 0.3) is 11.5 Å². The first-order valence-corrected chi connectivity index (χ1v) is 8.98. The van der Waals surface area contributed by atoms with Crippen molar-refractivity contribution >= 4 is 40.5 Å². The third-order valence-electron chi connectivity index (χ3n) is 4.46. The van der Waals surface area contributed by atoms with Crippen LogP contribution in [0.2, 0.25) is 0 Å². The Labute approximate surface area is 171 Å². The number of carbonyl (C=O) groups is 2. The molecule has 148 valence electrons. The maximum atomic E-state index is 12.9. The molecule has 0 amide bonds. The molecule has 2 aromatic carbocycles. The molecule has 0 spiro atoms. The minimum absolute atomic E-state index is 0.0890. The van der Waals surface area contributed by atoms with E-state index in [0.717, 1.165) is 12.7 Å². The monoisotopic (exact) mass is 411 g/mol. The molecule has 2 N–H and O–H groups in total. The third kappa shape index (κ3) is 4.14. The molecule has 3 rings (SSSR count). The van der Waals surface area contributed by atoms with Crippen LogP contribution in [0.4, 0.5) is 5.69 Å². The van der Waals surface area contributed by atoms with Gasteiger partial charge >= 0.3 is 5.97 Å². The summed E-state index contributed by atoms with van der Waals surface area (Å²) in [6.07, 6.45) is 0. The van der Waals surface area contributed by atoms with Crippen LogP contribution in [0.1, 0.15) is 22.7 Å². The average Bonchev–Trinajstić information content (AvgIpc) is 2.72. The Balaban J connectivity index is 2.18. The molecule has 0 saturated heterocycles. The molecule has 1 atom stereocenters. The first-order valence-electron chi connectivity index (χ1n) is 8.57. The number of nitro groups is 1. The van der Waals surface area contributed by atoms with Crippen molar-refractivity contribution < 1.29 is 19.2 Å². The topological polar surface area (TPSA) is 111 Å².